The molecular weight excluding hydrogens is 224 g/mol. The van der Waals surface area contributed by atoms with Crippen LogP contribution in [-0.4, -0.2) is 10.8 Å². The maximum atomic E-state index is 11.9. The van der Waals surface area contributed by atoms with Crippen LogP contribution in [0.15, 0.2) is 28.4 Å². The Morgan fingerprint density at radius 1 is 1.69 bits per heavy atom. The third-order valence-corrected chi connectivity index (χ3v) is 3.11. The highest BCUT2D eigenvalue weighted by Gasteiger charge is 2.25. The monoisotopic (exact) mass is 232 g/mol. The number of rotatable bonds is 3. The van der Waals surface area contributed by atoms with Crippen molar-refractivity contribution in [3.8, 4) is 6.07 Å². The summed E-state index contributed by atoms with van der Waals surface area (Å²) in [6.45, 7) is 1.83. The van der Waals surface area contributed by atoms with Gasteiger partial charge in [0.05, 0.1) is 17.9 Å². The Kier molecular flexibility index (Phi) is 2.84. The summed E-state index contributed by atoms with van der Waals surface area (Å²) in [5.74, 6) is -1.11. The van der Waals surface area contributed by atoms with E-state index in [-0.39, 0.29) is 5.78 Å². The number of thiazole rings is 1. The lowest BCUT2D eigenvalue weighted by Gasteiger charge is -2.01. The molecule has 4 nitrogen and oxygen atoms in total. The van der Waals surface area contributed by atoms with Crippen molar-refractivity contribution in [2.45, 2.75) is 12.8 Å². The predicted octanol–water partition coefficient (Wildman–Crippen LogP) is 2.53. The highest BCUT2D eigenvalue weighted by atomic mass is 32.1. The molecule has 2 aromatic rings. The lowest BCUT2D eigenvalue weighted by atomic mass is 10.0. The number of carbonyl (C=O) groups excluding carboxylic acids is 1. The van der Waals surface area contributed by atoms with Crippen molar-refractivity contribution >= 4 is 17.1 Å². The number of Topliss-reactive ketones (excluding diaryl/α,β-unsaturated/α-hetero) is 1. The molecule has 2 aromatic heterocycles. The zero-order chi connectivity index (χ0) is 11.5. The van der Waals surface area contributed by atoms with Gasteiger partial charge in [0.1, 0.15) is 11.3 Å². The third-order valence-electron chi connectivity index (χ3n) is 2.08. The molecular formula is C11H8N2O2S. The molecule has 0 aliphatic heterocycles. The summed E-state index contributed by atoms with van der Waals surface area (Å²) in [5, 5.41) is 11.4. The number of aryl methyl sites for hydroxylation is 1. The van der Waals surface area contributed by atoms with Crippen molar-refractivity contribution in [1.82, 2.24) is 4.98 Å². The lowest BCUT2D eigenvalue weighted by molar-refractivity contribution is 0.0978. The second-order valence-corrected chi connectivity index (χ2v) is 4.16. The molecule has 2 rings (SSSR count). The average molecular weight is 232 g/mol. The number of ketones is 1. The van der Waals surface area contributed by atoms with E-state index >= 15 is 0 Å². The van der Waals surface area contributed by atoms with Crippen molar-refractivity contribution in [2.24, 2.45) is 0 Å². The van der Waals surface area contributed by atoms with Crippen LogP contribution in [0, 0.1) is 18.3 Å². The van der Waals surface area contributed by atoms with Crippen LogP contribution in [0.1, 0.15) is 27.0 Å². The molecule has 0 bridgehead atoms. The molecule has 80 valence electrons. The summed E-state index contributed by atoms with van der Waals surface area (Å²) in [7, 11) is 0. The first-order valence-electron chi connectivity index (χ1n) is 4.60. The van der Waals surface area contributed by atoms with Crippen LogP contribution in [0.4, 0.5) is 0 Å². The molecule has 0 spiro atoms. The SMILES string of the molecule is Cc1csc(C(C#N)C(=O)c2ccoc2)n1. The summed E-state index contributed by atoms with van der Waals surface area (Å²) < 4.78 is 4.82. The molecule has 2 heterocycles. The number of hydrogen-bond acceptors (Lipinski definition) is 5. The molecule has 0 N–H and O–H groups in total. The number of nitriles is 1. The van der Waals surface area contributed by atoms with E-state index in [4.69, 9.17) is 9.68 Å². The first kappa shape index (κ1) is 10.6. The second-order valence-electron chi connectivity index (χ2n) is 3.27. The molecule has 0 saturated heterocycles. The number of furan rings is 1. The van der Waals surface area contributed by atoms with Crippen molar-refractivity contribution in [3.63, 3.8) is 0 Å². The smallest absolute Gasteiger partial charge is 0.190 e. The van der Waals surface area contributed by atoms with Gasteiger partial charge in [0.15, 0.2) is 11.7 Å². The summed E-state index contributed by atoms with van der Waals surface area (Å²) in [6, 6.07) is 3.53. The van der Waals surface area contributed by atoms with E-state index in [1.54, 1.807) is 6.07 Å². The Morgan fingerprint density at radius 3 is 3.00 bits per heavy atom. The minimum Gasteiger partial charge on any atom is -0.472 e. The number of carbonyl (C=O) groups is 1. The van der Waals surface area contributed by atoms with Gasteiger partial charge in [-0.15, -0.1) is 11.3 Å². The fraction of sp³-hybridized carbons (Fsp3) is 0.182. The van der Waals surface area contributed by atoms with Gasteiger partial charge < -0.3 is 4.42 Å². The van der Waals surface area contributed by atoms with E-state index in [2.05, 4.69) is 4.98 Å². The fourth-order valence-corrected chi connectivity index (χ4v) is 2.14. The normalized spacial score (nSPS) is 12.0. The summed E-state index contributed by atoms with van der Waals surface area (Å²) in [5.41, 5.74) is 1.22. The number of nitrogens with zero attached hydrogens (tertiary/aromatic N) is 2. The molecule has 0 radical (unpaired) electrons. The van der Waals surface area contributed by atoms with Gasteiger partial charge >= 0.3 is 0 Å². The topological polar surface area (TPSA) is 66.9 Å². The van der Waals surface area contributed by atoms with Crippen LogP contribution in [0.5, 0.6) is 0 Å². The van der Waals surface area contributed by atoms with Crippen molar-refractivity contribution < 1.29 is 9.21 Å². The van der Waals surface area contributed by atoms with Crippen LogP contribution in [0.3, 0.4) is 0 Å². The van der Waals surface area contributed by atoms with E-state index in [0.717, 1.165) is 5.69 Å². The summed E-state index contributed by atoms with van der Waals surface area (Å²) in [6.07, 6.45) is 2.75. The average Bonchev–Trinajstić information content (AvgIpc) is 2.90. The molecule has 16 heavy (non-hydrogen) atoms. The van der Waals surface area contributed by atoms with Gasteiger partial charge in [-0.3, -0.25) is 4.79 Å². The van der Waals surface area contributed by atoms with Crippen molar-refractivity contribution in [2.75, 3.05) is 0 Å². The molecule has 0 aromatic carbocycles. The standard InChI is InChI=1S/C11H8N2O2S/c1-7-6-16-11(13-7)9(4-12)10(14)8-2-3-15-5-8/h2-3,5-6,9H,1H3. The molecule has 5 heteroatoms. The minimum atomic E-state index is -0.837. The first-order valence-corrected chi connectivity index (χ1v) is 5.48. The first-order chi connectivity index (χ1) is 7.72. The van der Waals surface area contributed by atoms with Crippen LogP contribution in [-0.2, 0) is 0 Å². The Labute approximate surface area is 96.2 Å². The molecule has 0 aliphatic rings. The summed E-state index contributed by atoms with van der Waals surface area (Å²) >= 11 is 1.32. The van der Waals surface area contributed by atoms with E-state index in [1.807, 2.05) is 18.4 Å². The van der Waals surface area contributed by atoms with Gasteiger partial charge in [-0.1, -0.05) is 0 Å². The van der Waals surface area contributed by atoms with Gasteiger partial charge in [0, 0.05) is 11.1 Å². The second kappa shape index (κ2) is 4.29. The molecule has 0 saturated carbocycles. The zero-order valence-electron chi connectivity index (χ0n) is 8.51. The largest absolute Gasteiger partial charge is 0.472 e. The number of aromatic nitrogens is 1. The minimum absolute atomic E-state index is 0.273. The highest BCUT2D eigenvalue weighted by molar-refractivity contribution is 7.10. The van der Waals surface area contributed by atoms with E-state index in [9.17, 15) is 4.79 Å². The Morgan fingerprint density at radius 2 is 2.50 bits per heavy atom. The van der Waals surface area contributed by atoms with E-state index < -0.39 is 5.92 Å². The van der Waals surface area contributed by atoms with Gasteiger partial charge in [0.25, 0.3) is 0 Å². The molecule has 0 amide bonds. The van der Waals surface area contributed by atoms with Crippen molar-refractivity contribution in [1.29, 1.82) is 5.26 Å². The molecule has 1 atom stereocenters. The van der Waals surface area contributed by atoms with Crippen molar-refractivity contribution in [3.05, 3.63) is 40.2 Å². The lowest BCUT2D eigenvalue weighted by Crippen LogP contribution is -2.10. The van der Waals surface area contributed by atoms with Gasteiger partial charge in [-0.05, 0) is 13.0 Å². The third kappa shape index (κ3) is 1.88. The molecule has 0 fully saturated rings. The fourth-order valence-electron chi connectivity index (χ4n) is 1.30. The van der Waals surface area contributed by atoms with Crippen LogP contribution < -0.4 is 0 Å². The Hall–Kier alpha value is -1.93. The van der Waals surface area contributed by atoms with Crippen LogP contribution in [0.2, 0.25) is 0 Å². The number of hydrogen-bond donors (Lipinski definition) is 0. The highest BCUT2D eigenvalue weighted by Crippen LogP contribution is 2.23. The van der Waals surface area contributed by atoms with Gasteiger partial charge in [-0.25, -0.2) is 4.98 Å². The Balaban J connectivity index is 2.31. The van der Waals surface area contributed by atoms with E-state index in [1.165, 1.54) is 23.9 Å². The molecule has 0 aliphatic carbocycles. The summed E-state index contributed by atoms with van der Waals surface area (Å²) in [4.78, 5) is 16.1. The van der Waals surface area contributed by atoms with E-state index in [0.29, 0.717) is 10.6 Å². The quantitative estimate of drug-likeness (QED) is 0.762. The predicted molar refractivity (Wildman–Crippen MR) is 58.2 cm³/mol. The maximum Gasteiger partial charge on any atom is 0.190 e. The maximum absolute atomic E-state index is 11.9. The van der Waals surface area contributed by atoms with Gasteiger partial charge in [-0.2, -0.15) is 5.26 Å². The van der Waals surface area contributed by atoms with Gasteiger partial charge in [0.2, 0.25) is 0 Å². The molecule has 1 unspecified atom stereocenters. The van der Waals surface area contributed by atoms with Crippen LogP contribution >= 0.6 is 11.3 Å². The van der Waals surface area contributed by atoms with Crippen LogP contribution in [0.25, 0.3) is 0 Å². The Bertz CT molecular complexity index is 537. The zero-order valence-corrected chi connectivity index (χ0v) is 9.32.